The molecule has 110 valence electrons. The second-order valence-corrected chi connectivity index (χ2v) is 6.86. The van der Waals surface area contributed by atoms with E-state index in [-0.39, 0.29) is 0 Å². The van der Waals surface area contributed by atoms with Gasteiger partial charge in [-0.2, -0.15) is 0 Å². The second-order valence-electron chi connectivity index (χ2n) is 4.95. The molecule has 0 aliphatic heterocycles. The Morgan fingerprint density at radius 1 is 1.40 bits per heavy atom. The van der Waals surface area contributed by atoms with Gasteiger partial charge in [-0.3, -0.25) is 4.90 Å². The highest BCUT2D eigenvalue weighted by Gasteiger charge is 2.10. The van der Waals surface area contributed by atoms with Crippen molar-refractivity contribution in [2.75, 3.05) is 13.6 Å². The molecule has 2 aromatic rings. The zero-order valence-corrected chi connectivity index (χ0v) is 14.4. The van der Waals surface area contributed by atoms with Gasteiger partial charge in [0.2, 0.25) is 0 Å². The monoisotopic (exact) mass is 356 g/mol. The zero-order chi connectivity index (χ0) is 14.4. The van der Waals surface area contributed by atoms with Crippen molar-refractivity contribution < 1.29 is 4.42 Å². The van der Waals surface area contributed by atoms with Crippen LogP contribution in [0.15, 0.2) is 32.7 Å². The van der Waals surface area contributed by atoms with Crippen LogP contribution in [-0.2, 0) is 19.6 Å². The average Bonchev–Trinajstić information content (AvgIpc) is 3.00. The summed E-state index contributed by atoms with van der Waals surface area (Å²) in [5.41, 5.74) is 1.27. The van der Waals surface area contributed by atoms with Gasteiger partial charge < -0.3 is 9.73 Å². The van der Waals surface area contributed by atoms with Gasteiger partial charge in [0.25, 0.3) is 0 Å². The van der Waals surface area contributed by atoms with Crippen LogP contribution in [0.5, 0.6) is 0 Å². The maximum absolute atomic E-state index is 5.57. The summed E-state index contributed by atoms with van der Waals surface area (Å²) in [6, 6.07) is 4.25. The fraction of sp³-hybridized carbons (Fsp3) is 0.467. The number of nitrogens with zero attached hydrogens (tertiary/aromatic N) is 1. The predicted molar refractivity (Wildman–Crippen MR) is 87.9 cm³/mol. The van der Waals surface area contributed by atoms with Crippen LogP contribution in [0.2, 0.25) is 0 Å². The highest BCUT2D eigenvalue weighted by Crippen LogP contribution is 2.22. The minimum absolute atomic E-state index is 0.814. The summed E-state index contributed by atoms with van der Waals surface area (Å²) < 4.78 is 6.74. The molecule has 0 fully saturated rings. The molecule has 0 aliphatic carbocycles. The molecule has 2 rings (SSSR count). The van der Waals surface area contributed by atoms with E-state index in [1.807, 2.05) is 0 Å². The molecule has 0 aromatic carbocycles. The van der Waals surface area contributed by atoms with E-state index in [0.717, 1.165) is 38.4 Å². The topological polar surface area (TPSA) is 28.4 Å². The molecule has 0 saturated carbocycles. The highest BCUT2D eigenvalue weighted by atomic mass is 79.9. The maximum Gasteiger partial charge on any atom is 0.122 e. The summed E-state index contributed by atoms with van der Waals surface area (Å²) in [7, 11) is 2.14. The quantitative estimate of drug-likeness (QED) is 0.717. The fourth-order valence-electron chi connectivity index (χ4n) is 2.09. The largest absolute Gasteiger partial charge is 0.468 e. The normalized spacial score (nSPS) is 11.4. The van der Waals surface area contributed by atoms with E-state index in [1.54, 1.807) is 17.6 Å². The van der Waals surface area contributed by atoms with Crippen LogP contribution >= 0.6 is 27.3 Å². The summed E-state index contributed by atoms with van der Waals surface area (Å²) in [5, 5.41) is 5.51. The van der Waals surface area contributed by atoms with Crippen molar-refractivity contribution in [3.63, 3.8) is 0 Å². The molecule has 0 spiro atoms. The van der Waals surface area contributed by atoms with Crippen molar-refractivity contribution >= 4 is 27.3 Å². The zero-order valence-electron chi connectivity index (χ0n) is 12.0. The van der Waals surface area contributed by atoms with Crippen molar-refractivity contribution in [3.8, 4) is 0 Å². The minimum atomic E-state index is 0.814. The summed E-state index contributed by atoms with van der Waals surface area (Å²) in [6.07, 6.45) is 2.93. The third-order valence-corrected chi connectivity index (χ3v) is 4.72. The molecule has 0 bridgehead atoms. The van der Waals surface area contributed by atoms with E-state index < -0.39 is 0 Å². The molecule has 2 aromatic heterocycles. The predicted octanol–water partition coefficient (Wildman–Crippen LogP) is 4.24. The molecule has 0 radical (unpaired) electrons. The lowest BCUT2D eigenvalue weighted by Gasteiger charge is -2.15. The molecule has 1 N–H and O–H groups in total. The van der Waals surface area contributed by atoms with Gasteiger partial charge in [-0.25, -0.2) is 0 Å². The Kier molecular flexibility index (Phi) is 6.29. The summed E-state index contributed by atoms with van der Waals surface area (Å²) in [4.78, 5) is 3.68. The maximum atomic E-state index is 5.57. The molecule has 2 heterocycles. The first kappa shape index (κ1) is 15.8. The Labute approximate surface area is 133 Å². The smallest absolute Gasteiger partial charge is 0.122 e. The van der Waals surface area contributed by atoms with Crippen molar-refractivity contribution in [1.82, 2.24) is 10.2 Å². The van der Waals surface area contributed by atoms with E-state index in [9.17, 15) is 0 Å². The van der Waals surface area contributed by atoms with Gasteiger partial charge in [0.15, 0.2) is 0 Å². The first-order valence-corrected chi connectivity index (χ1v) is 8.53. The number of halogens is 1. The van der Waals surface area contributed by atoms with Crippen LogP contribution in [0.3, 0.4) is 0 Å². The molecular weight excluding hydrogens is 336 g/mol. The Morgan fingerprint density at radius 2 is 2.25 bits per heavy atom. The van der Waals surface area contributed by atoms with Gasteiger partial charge in [-0.15, -0.1) is 11.3 Å². The van der Waals surface area contributed by atoms with Crippen molar-refractivity contribution in [3.05, 3.63) is 44.4 Å². The molecule has 0 saturated heterocycles. The van der Waals surface area contributed by atoms with Crippen LogP contribution < -0.4 is 5.32 Å². The number of hydrogen-bond acceptors (Lipinski definition) is 4. The molecule has 0 atom stereocenters. The summed E-state index contributed by atoms with van der Waals surface area (Å²) in [5.74, 6) is 1.05. The number of furan rings is 1. The number of thiophene rings is 1. The first-order valence-electron chi connectivity index (χ1n) is 6.86. The van der Waals surface area contributed by atoms with E-state index in [0.29, 0.717) is 0 Å². The van der Waals surface area contributed by atoms with Crippen LogP contribution in [0.25, 0.3) is 0 Å². The Balaban J connectivity index is 1.87. The standard InChI is InChI=1S/C15H21BrN2OS/c1-3-5-17-8-15-12(4-6-19-15)9-18(2)10-14-7-13(16)11-20-14/h4,6-7,11,17H,3,5,8-10H2,1-2H3. The van der Waals surface area contributed by atoms with Crippen LogP contribution in [0.1, 0.15) is 29.5 Å². The highest BCUT2D eigenvalue weighted by molar-refractivity contribution is 9.10. The number of nitrogens with one attached hydrogen (secondary N) is 1. The van der Waals surface area contributed by atoms with Crippen molar-refractivity contribution in [2.45, 2.75) is 33.0 Å². The van der Waals surface area contributed by atoms with Gasteiger partial charge in [0.1, 0.15) is 5.76 Å². The number of hydrogen-bond donors (Lipinski definition) is 1. The van der Waals surface area contributed by atoms with Crippen molar-refractivity contribution in [2.24, 2.45) is 0 Å². The third-order valence-electron chi connectivity index (χ3n) is 3.04. The number of rotatable bonds is 8. The van der Waals surface area contributed by atoms with Gasteiger partial charge in [0, 0.05) is 33.4 Å². The lowest BCUT2D eigenvalue weighted by molar-refractivity contribution is 0.317. The van der Waals surface area contributed by atoms with E-state index >= 15 is 0 Å². The Hall–Kier alpha value is -0.620. The molecule has 0 aliphatic rings. The van der Waals surface area contributed by atoms with Gasteiger partial charge in [-0.1, -0.05) is 6.92 Å². The molecule has 0 amide bonds. The van der Waals surface area contributed by atoms with E-state index in [1.165, 1.54) is 14.9 Å². The third kappa shape index (κ3) is 4.74. The summed E-state index contributed by atoms with van der Waals surface area (Å²) in [6.45, 7) is 5.88. The van der Waals surface area contributed by atoms with Gasteiger partial charge in [0.05, 0.1) is 12.8 Å². The molecule has 0 unspecified atom stereocenters. The molecule has 5 heteroatoms. The Bertz CT molecular complexity index is 523. The summed E-state index contributed by atoms with van der Waals surface area (Å²) >= 11 is 5.29. The molecule has 3 nitrogen and oxygen atoms in total. The second kappa shape index (κ2) is 7.98. The molecular formula is C15H21BrN2OS. The first-order chi connectivity index (χ1) is 9.69. The lowest BCUT2D eigenvalue weighted by atomic mass is 10.2. The van der Waals surface area contributed by atoms with Crippen LogP contribution in [-0.4, -0.2) is 18.5 Å². The Morgan fingerprint density at radius 3 is 2.95 bits per heavy atom. The van der Waals surface area contributed by atoms with Crippen LogP contribution in [0, 0.1) is 0 Å². The van der Waals surface area contributed by atoms with E-state index in [4.69, 9.17) is 4.42 Å². The fourth-order valence-corrected chi connectivity index (χ4v) is 3.62. The van der Waals surface area contributed by atoms with Crippen LogP contribution in [0.4, 0.5) is 0 Å². The SMILES string of the molecule is CCCNCc1occc1CN(C)Cc1cc(Br)cs1. The lowest BCUT2D eigenvalue weighted by Crippen LogP contribution is -2.19. The minimum Gasteiger partial charge on any atom is -0.468 e. The molecule has 20 heavy (non-hydrogen) atoms. The van der Waals surface area contributed by atoms with Crippen molar-refractivity contribution in [1.29, 1.82) is 0 Å². The van der Waals surface area contributed by atoms with Gasteiger partial charge in [-0.05, 0) is 48.1 Å². The van der Waals surface area contributed by atoms with E-state index in [2.05, 4.69) is 57.6 Å². The van der Waals surface area contributed by atoms with Gasteiger partial charge >= 0.3 is 0 Å². The average molecular weight is 357 g/mol.